The molecule has 6 heteroatoms. The lowest BCUT2D eigenvalue weighted by Gasteiger charge is -2.37. The largest absolute Gasteiger partial charge is 0.368 e. The third-order valence-corrected chi connectivity index (χ3v) is 5.27. The molecule has 2 amide bonds. The van der Waals surface area contributed by atoms with Crippen molar-refractivity contribution < 1.29 is 9.59 Å². The van der Waals surface area contributed by atoms with E-state index in [-0.39, 0.29) is 11.8 Å². The lowest BCUT2D eigenvalue weighted by Crippen LogP contribution is -2.49. The molecule has 1 N–H and O–H groups in total. The molecule has 148 valence electrons. The maximum absolute atomic E-state index is 12.9. The predicted octanol–water partition coefficient (Wildman–Crippen LogP) is 2.80. The second-order valence-corrected chi connectivity index (χ2v) is 7.22. The van der Waals surface area contributed by atoms with Gasteiger partial charge in [-0.05, 0) is 43.5 Å². The number of hydrogen-bond donors (Lipinski definition) is 1. The Morgan fingerprint density at radius 1 is 1.07 bits per heavy atom. The summed E-state index contributed by atoms with van der Waals surface area (Å²) < 4.78 is 0. The molecule has 0 aliphatic carbocycles. The van der Waals surface area contributed by atoms with Crippen LogP contribution in [0.3, 0.4) is 0 Å². The molecule has 0 spiro atoms. The van der Waals surface area contributed by atoms with Gasteiger partial charge in [0.1, 0.15) is 0 Å². The Kier molecular flexibility index (Phi) is 6.29. The minimum atomic E-state index is -0.191. The number of piperazine rings is 1. The third kappa shape index (κ3) is 4.32. The van der Waals surface area contributed by atoms with E-state index in [9.17, 15) is 9.59 Å². The standard InChI is InChI=1S/C22H28N4O2/c1-4-8-24-21(27)18-13-19(15-23-14-18)22(28)26-11-9-25(10-12-26)20-7-5-6-16(2)17(20)3/h5-7,13-15H,4,8-12H2,1-3H3,(H,24,27). The monoisotopic (exact) mass is 380 g/mol. The van der Waals surface area contributed by atoms with Gasteiger partial charge in [-0.1, -0.05) is 19.1 Å². The van der Waals surface area contributed by atoms with Crippen molar-refractivity contribution in [2.24, 2.45) is 0 Å². The van der Waals surface area contributed by atoms with Crippen LogP contribution in [0.25, 0.3) is 0 Å². The molecule has 28 heavy (non-hydrogen) atoms. The Hall–Kier alpha value is -2.89. The van der Waals surface area contributed by atoms with Gasteiger partial charge in [-0.15, -0.1) is 0 Å². The summed E-state index contributed by atoms with van der Waals surface area (Å²) in [5, 5.41) is 2.82. The van der Waals surface area contributed by atoms with Crippen LogP contribution >= 0.6 is 0 Å². The highest BCUT2D eigenvalue weighted by Crippen LogP contribution is 2.24. The summed E-state index contributed by atoms with van der Waals surface area (Å²) in [5.74, 6) is -0.262. The number of carbonyl (C=O) groups excluding carboxylic acids is 2. The molecule has 1 fully saturated rings. The molecule has 0 atom stereocenters. The summed E-state index contributed by atoms with van der Waals surface area (Å²) in [5.41, 5.74) is 4.69. The van der Waals surface area contributed by atoms with Crippen LogP contribution in [-0.4, -0.2) is 54.4 Å². The van der Waals surface area contributed by atoms with Crippen LogP contribution in [0.1, 0.15) is 45.2 Å². The van der Waals surface area contributed by atoms with Gasteiger partial charge < -0.3 is 15.1 Å². The van der Waals surface area contributed by atoms with Crippen LogP contribution < -0.4 is 10.2 Å². The normalized spacial score (nSPS) is 14.1. The number of anilines is 1. The van der Waals surface area contributed by atoms with Gasteiger partial charge in [0.2, 0.25) is 0 Å². The second-order valence-electron chi connectivity index (χ2n) is 7.22. The van der Waals surface area contributed by atoms with Gasteiger partial charge in [-0.2, -0.15) is 0 Å². The third-order valence-electron chi connectivity index (χ3n) is 5.27. The SMILES string of the molecule is CCCNC(=O)c1cncc(C(=O)N2CCN(c3cccc(C)c3C)CC2)c1. The van der Waals surface area contributed by atoms with Crippen molar-refractivity contribution >= 4 is 17.5 Å². The Labute approximate surface area is 166 Å². The van der Waals surface area contributed by atoms with E-state index in [1.807, 2.05) is 11.8 Å². The fourth-order valence-electron chi connectivity index (χ4n) is 3.43. The summed E-state index contributed by atoms with van der Waals surface area (Å²) >= 11 is 0. The van der Waals surface area contributed by atoms with Crippen molar-refractivity contribution in [2.45, 2.75) is 27.2 Å². The van der Waals surface area contributed by atoms with Crippen LogP contribution in [-0.2, 0) is 0 Å². The van der Waals surface area contributed by atoms with Crippen molar-refractivity contribution in [3.63, 3.8) is 0 Å². The lowest BCUT2D eigenvalue weighted by atomic mass is 10.1. The number of nitrogens with one attached hydrogen (secondary N) is 1. The fourth-order valence-corrected chi connectivity index (χ4v) is 3.43. The average molecular weight is 380 g/mol. The molecule has 6 nitrogen and oxygen atoms in total. The number of aryl methyl sites for hydroxylation is 1. The molecule has 0 unspecified atom stereocenters. The van der Waals surface area contributed by atoms with E-state index in [0.717, 1.165) is 19.5 Å². The number of amides is 2. The quantitative estimate of drug-likeness (QED) is 0.866. The number of carbonyl (C=O) groups is 2. The fraction of sp³-hybridized carbons (Fsp3) is 0.409. The highest BCUT2D eigenvalue weighted by Gasteiger charge is 2.24. The molecule has 0 bridgehead atoms. The van der Waals surface area contributed by atoms with Gasteiger partial charge in [0, 0.05) is 50.8 Å². The molecule has 0 radical (unpaired) electrons. The van der Waals surface area contributed by atoms with Crippen LogP contribution in [0.5, 0.6) is 0 Å². The highest BCUT2D eigenvalue weighted by molar-refractivity contribution is 5.99. The molecule has 3 rings (SSSR count). The van der Waals surface area contributed by atoms with Crippen molar-refractivity contribution in [1.29, 1.82) is 0 Å². The van der Waals surface area contributed by atoms with E-state index in [2.05, 4.69) is 47.2 Å². The molecule has 1 aromatic heterocycles. The van der Waals surface area contributed by atoms with E-state index in [0.29, 0.717) is 30.8 Å². The molecule has 2 heterocycles. The van der Waals surface area contributed by atoms with Gasteiger partial charge in [-0.25, -0.2) is 0 Å². The van der Waals surface area contributed by atoms with Crippen molar-refractivity contribution in [1.82, 2.24) is 15.2 Å². The highest BCUT2D eigenvalue weighted by atomic mass is 16.2. The van der Waals surface area contributed by atoms with Gasteiger partial charge >= 0.3 is 0 Å². The molecular formula is C22H28N4O2. The number of nitrogens with zero attached hydrogens (tertiary/aromatic N) is 3. The van der Waals surface area contributed by atoms with Gasteiger partial charge in [-0.3, -0.25) is 14.6 Å². The molecule has 1 aromatic carbocycles. The topological polar surface area (TPSA) is 65.5 Å². The number of hydrogen-bond acceptors (Lipinski definition) is 4. The number of aromatic nitrogens is 1. The molecule has 1 saturated heterocycles. The lowest BCUT2D eigenvalue weighted by molar-refractivity contribution is 0.0746. The van der Waals surface area contributed by atoms with Crippen LogP contribution in [0, 0.1) is 13.8 Å². The smallest absolute Gasteiger partial charge is 0.255 e. The average Bonchev–Trinajstić information content (AvgIpc) is 2.73. The van der Waals surface area contributed by atoms with E-state index >= 15 is 0 Å². The Morgan fingerprint density at radius 2 is 1.79 bits per heavy atom. The number of benzene rings is 1. The van der Waals surface area contributed by atoms with Crippen LogP contribution in [0.4, 0.5) is 5.69 Å². The van der Waals surface area contributed by atoms with Gasteiger partial charge in [0.05, 0.1) is 11.1 Å². The van der Waals surface area contributed by atoms with Crippen LogP contribution in [0.15, 0.2) is 36.7 Å². The first-order chi connectivity index (χ1) is 13.5. The first-order valence-corrected chi connectivity index (χ1v) is 9.85. The second kappa shape index (κ2) is 8.87. The first-order valence-electron chi connectivity index (χ1n) is 9.85. The number of rotatable bonds is 5. The molecule has 1 aliphatic heterocycles. The summed E-state index contributed by atoms with van der Waals surface area (Å²) in [7, 11) is 0. The van der Waals surface area contributed by atoms with Crippen molar-refractivity contribution in [3.8, 4) is 0 Å². The Bertz CT molecular complexity index is 857. The molecular weight excluding hydrogens is 352 g/mol. The van der Waals surface area contributed by atoms with Gasteiger partial charge in [0.25, 0.3) is 11.8 Å². The molecule has 2 aromatic rings. The van der Waals surface area contributed by atoms with E-state index < -0.39 is 0 Å². The first kappa shape index (κ1) is 19.9. The van der Waals surface area contributed by atoms with E-state index in [1.165, 1.54) is 29.2 Å². The Balaban J connectivity index is 1.65. The van der Waals surface area contributed by atoms with Crippen LogP contribution in [0.2, 0.25) is 0 Å². The van der Waals surface area contributed by atoms with E-state index in [4.69, 9.17) is 0 Å². The number of pyridine rings is 1. The zero-order valence-electron chi connectivity index (χ0n) is 16.9. The summed E-state index contributed by atoms with van der Waals surface area (Å²) in [6.45, 7) is 9.75. The summed E-state index contributed by atoms with van der Waals surface area (Å²) in [6.07, 6.45) is 3.90. The molecule has 0 saturated carbocycles. The van der Waals surface area contributed by atoms with E-state index in [1.54, 1.807) is 6.07 Å². The summed E-state index contributed by atoms with van der Waals surface area (Å²) in [6, 6.07) is 7.98. The Morgan fingerprint density at radius 3 is 2.50 bits per heavy atom. The summed E-state index contributed by atoms with van der Waals surface area (Å²) in [4.78, 5) is 33.3. The van der Waals surface area contributed by atoms with Crippen molar-refractivity contribution in [3.05, 3.63) is 58.9 Å². The maximum atomic E-state index is 12.9. The van der Waals surface area contributed by atoms with Crippen molar-refractivity contribution in [2.75, 3.05) is 37.6 Å². The van der Waals surface area contributed by atoms with Gasteiger partial charge in [0.15, 0.2) is 0 Å². The minimum Gasteiger partial charge on any atom is -0.368 e. The maximum Gasteiger partial charge on any atom is 0.255 e. The predicted molar refractivity (Wildman–Crippen MR) is 111 cm³/mol. The zero-order valence-corrected chi connectivity index (χ0v) is 16.9. The zero-order chi connectivity index (χ0) is 20.1. The minimum absolute atomic E-state index is 0.0711. The molecule has 1 aliphatic rings.